The molecule has 1 atom stereocenters. The van der Waals surface area contributed by atoms with E-state index in [1.54, 1.807) is 17.0 Å². The van der Waals surface area contributed by atoms with Crippen molar-refractivity contribution in [1.29, 1.82) is 0 Å². The minimum absolute atomic E-state index is 0.231. The molecule has 1 unspecified atom stereocenters. The molecule has 1 fully saturated rings. The van der Waals surface area contributed by atoms with Gasteiger partial charge in [0.05, 0.1) is 32.0 Å². The second-order valence-corrected chi connectivity index (χ2v) is 7.90. The van der Waals surface area contributed by atoms with Gasteiger partial charge in [-0.1, -0.05) is 35.9 Å². The number of hydrogen-bond donors (Lipinski definition) is 1. The van der Waals surface area contributed by atoms with E-state index < -0.39 is 11.5 Å². The average molecular weight is 394 g/mol. The molecule has 2 heterocycles. The lowest BCUT2D eigenvalue weighted by Crippen LogP contribution is -2.49. The standard InChI is InChI=1S/C23H26N2O4/c1-16-7-8-17(2)18(13-16)21(26)14-23(28)19-5-3-4-6-20(19)25(22(23)27)15-24-9-11-29-12-10-24/h3-8,13,28H,9-12,14-15H2,1-2H3. The number of ether oxygens (including phenoxy) is 1. The number of nitrogens with zero attached hydrogens (tertiary/aromatic N) is 2. The van der Waals surface area contributed by atoms with Crippen molar-refractivity contribution in [2.24, 2.45) is 0 Å². The summed E-state index contributed by atoms with van der Waals surface area (Å²) in [5, 5.41) is 11.4. The third kappa shape index (κ3) is 3.59. The van der Waals surface area contributed by atoms with E-state index in [9.17, 15) is 14.7 Å². The van der Waals surface area contributed by atoms with E-state index in [4.69, 9.17) is 4.74 Å². The predicted octanol–water partition coefficient (Wildman–Crippen LogP) is 2.40. The van der Waals surface area contributed by atoms with Gasteiger partial charge < -0.3 is 9.84 Å². The van der Waals surface area contributed by atoms with Gasteiger partial charge in [-0.15, -0.1) is 0 Å². The molecule has 152 valence electrons. The Morgan fingerprint density at radius 1 is 1.14 bits per heavy atom. The fraction of sp³-hybridized carbons (Fsp3) is 0.391. The smallest absolute Gasteiger partial charge is 0.265 e. The van der Waals surface area contributed by atoms with Crippen molar-refractivity contribution in [3.8, 4) is 0 Å². The van der Waals surface area contributed by atoms with Crippen LogP contribution in [-0.4, -0.2) is 54.7 Å². The molecule has 0 saturated carbocycles. The van der Waals surface area contributed by atoms with Crippen LogP contribution in [0.1, 0.15) is 33.5 Å². The first-order valence-electron chi connectivity index (χ1n) is 9.94. The molecule has 1 amide bonds. The number of benzene rings is 2. The number of Topliss-reactive ketones (excluding diaryl/α,β-unsaturated/α-hetero) is 1. The van der Waals surface area contributed by atoms with Crippen molar-refractivity contribution in [3.63, 3.8) is 0 Å². The first-order chi connectivity index (χ1) is 13.9. The van der Waals surface area contributed by atoms with Crippen LogP contribution in [0.15, 0.2) is 42.5 Å². The zero-order chi connectivity index (χ0) is 20.6. The SMILES string of the molecule is Cc1ccc(C)c(C(=O)CC2(O)C(=O)N(CN3CCOCC3)c3ccccc32)c1. The van der Waals surface area contributed by atoms with E-state index in [1.807, 2.05) is 44.2 Å². The zero-order valence-electron chi connectivity index (χ0n) is 16.9. The Labute approximate surface area is 170 Å². The van der Waals surface area contributed by atoms with Crippen molar-refractivity contribution >= 4 is 17.4 Å². The maximum absolute atomic E-state index is 13.3. The molecule has 0 spiro atoms. The average Bonchev–Trinajstić information content (AvgIpc) is 2.92. The summed E-state index contributed by atoms with van der Waals surface area (Å²) in [4.78, 5) is 30.1. The highest BCUT2D eigenvalue weighted by Crippen LogP contribution is 2.43. The molecular formula is C23H26N2O4. The number of amides is 1. The van der Waals surface area contributed by atoms with Crippen molar-refractivity contribution in [2.75, 3.05) is 37.9 Å². The van der Waals surface area contributed by atoms with E-state index >= 15 is 0 Å². The molecule has 29 heavy (non-hydrogen) atoms. The van der Waals surface area contributed by atoms with Crippen LogP contribution >= 0.6 is 0 Å². The quantitative estimate of drug-likeness (QED) is 0.789. The van der Waals surface area contributed by atoms with Crippen molar-refractivity contribution < 1.29 is 19.4 Å². The van der Waals surface area contributed by atoms with E-state index in [1.165, 1.54) is 0 Å². The Hall–Kier alpha value is -2.54. The first kappa shape index (κ1) is 19.8. The second kappa shape index (κ2) is 7.71. The lowest BCUT2D eigenvalue weighted by atomic mass is 9.87. The van der Waals surface area contributed by atoms with Gasteiger partial charge in [0.2, 0.25) is 0 Å². The highest BCUT2D eigenvalue weighted by molar-refractivity contribution is 6.11. The fourth-order valence-electron chi connectivity index (χ4n) is 4.12. The Kier molecular flexibility index (Phi) is 5.25. The van der Waals surface area contributed by atoms with Gasteiger partial charge in [-0.05, 0) is 31.5 Å². The van der Waals surface area contributed by atoms with E-state index in [2.05, 4.69) is 4.90 Å². The lowest BCUT2D eigenvalue weighted by Gasteiger charge is -2.31. The number of aliphatic hydroxyl groups is 1. The van der Waals surface area contributed by atoms with Crippen LogP contribution in [-0.2, 0) is 15.1 Å². The monoisotopic (exact) mass is 394 g/mol. The van der Waals surface area contributed by atoms with Gasteiger partial charge in [0.25, 0.3) is 5.91 Å². The third-order valence-corrected chi connectivity index (χ3v) is 5.79. The molecule has 2 aromatic rings. The maximum Gasteiger partial charge on any atom is 0.265 e. The summed E-state index contributed by atoms with van der Waals surface area (Å²) in [6.07, 6.45) is -0.271. The van der Waals surface area contributed by atoms with Crippen LogP contribution in [0, 0.1) is 13.8 Å². The second-order valence-electron chi connectivity index (χ2n) is 7.90. The number of morpholine rings is 1. The predicted molar refractivity (Wildman–Crippen MR) is 110 cm³/mol. The van der Waals surface area contributed by atoms with E-state index in [-0.39, 0.29) is 12.2 Å². The number of aryl methyl sites for hydroxylation is 2. The fourth-order valence-corrected chi connectivity index (χ4v) is 4.12. The molecule has 1 saturated heterocycles. The van der Waals surface area contributed by atoms with Gasteiger partial charge >= 0.3 is 0 Å². The minimum Gasteiger partial charge on any atom is -0.379 e. The Balaban J connectivity index is 1.64. The molecule has 2 aromatic carbocycles. The lowest BCUT2D eigenvalue weighted by molar-refractivity contribution is -0.136. The molecular weight excluding hydrogens is 368 g/mol. The minimum atomic E-state index is -1.85. The van der Waals surface area contributed by atoms with Crippen LogP contribution in [0.3, 0.4) is 0 Å². The third-order valence-electron chi connectivity index (χ3n) is 5.79. The van der Waals surface area contributed by atoms with Crippen LogP contribution in [0.2, 0.25) is 0 Å². The van der Waals surface area contributed by atoms with E-state index in [0.717, 1.165) is 24.2 Å². The number of carbonyl (C=O) groups excluding carboxylic acids is 2. The summed E-state index contributed by atoms with van der Waals surface area (Å²) in [7, 11) is 0. The number of anilines is 1. The van der Waals surface area contributed by atoms with E-state index in [0.29, 0.717) is 36.7 Å². The highest BCUT2D eigenvalue weighted by Gasteiger charge is 2.51. The molecule has 6 heteroatoms. The number of ketones is 1. The van der Waals surface area contributed by atoms with Crippen molar-refractivity contribution in [2.45, 2.75) is 25.9 Å². The largest absolute Gasteiger partial charge is 0.379 e. The van der Waals surface area contributed by atoms with Crippen LogP contribution in [0.5, 0.6) is 0 Å². The summed E-state index contributed by atoms with van der Waals surface area (Å²) >= 11 is 0. The summed E-state index contributed by atoms with van der Waals surface area (Å²) in [5.41, 5.74) is 1.68. The van der Waals surface area contributed by atoms with Gasteiger partial charge in [-0.3, -0.25) is 19.4 Å². The number of fused-ring (bicyclic) bond motifs is 1. The van der Waals surface area contributed by atoms with Gasteiger partial charge in [0.15, 0.2) is 11.4 Å². The normalized spacial score (nSPS) is 22.0. The zero-order valence-corrected chi connectivity index (χ0v) is 16.9. The number of hydrogen-bond acceptors (Lipinski definition) is 5. The van der Waals surface area contributed by atoms with Crippen molar-refractivity contribution in [3.05, 3.63) is 64.7 Å². The topological polar surface area (TPSA) is 70.1 Å². The van der Waals surface area contributed by atoms with Crippen LogP contribution < -0.4 is 4.90 Å². The molecule has 0 aromatic heterocycles. The van der Waals surface area contributed by atoms with Gasteiger partial charge in [-0.2, -0.15) is 0 Å². The molecule has 0 aliphatic carbocycles. The molecule has 0 radical (unpaired) electrons. The van der Waals surface area contributed by atoms with Gasteiger partial charge in [0.1, 0.15) is 0 Å². The molecule has 0 bridgehead atoms. The molecule has 4 rings (SSSR count). The van der Waals surface area contributed by atoms with Gasteiger partial charge in [-0.25, -0.2) is 0 Å². The number of para-hydroxylation sites is 1. The van der Waals surface area contributed by atoms with Gasteiger partial charge in [0, 0.05) is 24.2 Å². The Morgan fingerprint density at radius 3 is 2.62 bits per heavy atom. The molecule has 2 aliphatic heterocycles. The van der Waals surface area contributed by atoms with Crippen LogP contribution in [0.4, 0.5) is 5.69 Å². The summed E-state index contributed by atoms with van der Waals surface area (Å²) in [6.45, 7) is 6.87. The summed E-state index contributed by atoms with van der Waals surface area (Å²) in [5.74, 6) is -0.672. The Morgan fingerprint density at radius 2 is 1.86 bits per heavy atom. The number of carbonyl (C=O) groups is 2. The molecule has 2 aliphatic rings. The highest BCUT2D eigenvalue weighted by atomic mass is 16.5. The number of rotatable bonds is 5. The molecule has 6 nitrogen and oxygen atoms in total. The first-order valence-corrected chi connectivity index (χ1v) is 9.94. The molecule has 1 N–H and O–H groups in total. The maximum atomic E-state index is 13.3. The Bertz CT molecular complexity index is 952. The van der Waals surface area contributed by atoms with Crippen molar-refractivity contribution in [1.82, 2.24) is 4.90 Å². The van der Waals surface area contributed by atoms with Crippen LogP contribution in [0.25, 0.3) is 0 Å². The summed E-state index contributed by atoms with van der Waals surface area (Å²) in [6, 6.07) is 12.9. The summed E-state index contributed by atoms with van der Waals surface area (Å²) < 4.78 is 5.38.